The Morgan fingerprint density at radius 3 is 2.81 bits per heavy atom. The van der Waals surface area contributed by atoms with Crippen molar-refractivity contribution in [3.05, 3.63) is 34.3 Å². The average molecular weight is 354 g/mol. The van der Waals surface area contributed by atoms with Gasteiger partial charge in [0.05, 0.1) is 24.3 Å². The maximum absolute atomic E-state index is 12.8. The van der Waals surface area contributed by atoms with Crippen LogP contribution in [0.1, 0.15) is 30.6 Å². The van der Waals surface area contributed by atoms with Crippen LogP contribution in [0, 0.1) is 0 Å². The van der Waals surface area contributed by atoms with Gasteiger partial charge in [0.2, 0.25) is 0 Å². The van der Waals surface area contributed by atoms with E-state index in [1.54, 1.807) is 0 Å². The van der Waals surface area contributed by atoms with E-state index in [2.05, 4.69) is 15.9 Å². The zero-order chi connectivity index (χ0) is 15.0. The first-order valence-corrected chi connectivity index (χ1v) is 8.14. The van der Waals surface area contributed by atoms with Crippen LogP contribution in [0.5, 0.6) is 0 Å². The molecule has 0 N–H and O–H groups in total. The Kier molecular flexibility index (Phi) is 4.08. The molecule has 2 saturated heterocycles. The van der Waals surface area contributed by atoms with Gasteiger partial charge in [0.15, 0.2) is 0 Å². The summed E-state index contributed by atoms with van der Waals surface area (Å²) in [6.07, 6.45) is 0.891. The quantitative estimate of drug-likeness (QED) is 0.779. The molecule has 0 saturated carbocycles. The van der Waals surface area contributed by atoms with E-state index in [4.69, 9.17) is 9.47 Å². The Bertz CT molecular complexity index is 550. The molecular weight excluding hydrogens is 334 g/mol. The number of ether oxygens (including phenoxy) is 2. The lowest BCUT2D eigenvalue weighted by Gasteiger charge is -2.45. The number of halogens is 1. The normalized spacial score (nSPS) is 32.6. The van der Waals surface area contributed by atoms with Crippen molar-refractivity contribution in [1.29, 1.82) is 0 Å². The zero-order valence-corrected chi connectivity index (χ0v) is 13.9. The van der Waals surface area contributed by atoms with Crippen molar-refractivity contribution in [3.63, 3.8) is 0 Å². The molecule has 3 atom stereocenters. The summed E-state index contributed by atoms with van der Waals surface area (Å²) in [5, 5.41) is 0. The number of hydrogen-bond acceptors (Lipinski definition) is 3. The fourth-order valence-corrected chi connectivity index (χ4v) is 3.71. The molecule has 114 valence electrons. The molecule has 0 unspecified atom stereocenters. The van der Waals surface area contributed by atoms with Gasteiger partial charge in [-0.15, -0.1) is 0 Å². The Balaban J connectivity index is 1.85. The van der Waals surface area contributed by atoms with Crippen LogP contribution in [0.3, 0.4) is 0 Å². The predicted octanol–water partition coefficient (Wildman–Crippen LogP) is 2.86. The molecule has 4 nitrogen and oxygen atoms in total. The second-order valence-electron chi connectivity index (χ2n) is 5.92. The van der Waals surface area contributed by atoms with Gasteiger partial charge >= 0.3 is 0 Å². The highest BCUT2D eigenvalue weighted by atomic mass is 79.9. The third-order valence-corrected chi connectivity index (χ3v) is 5.09. The topological polar surface area (TPSA) is 38.8 Å². The van der Waals surface area contributed by atoms with E-state index in [0.717, 1.165) is 10.9 Å². The van der Waals surface area contributed by atoms with Crippen LogP contribution >= 0.6 is 15.9 Å². The Morgan fingerprint density at radius 2 is 2.14 bits per heavy atom. The van der Waals surface area contributed by atoms with Gasteiger partial charge in [0.25, 0.3) is 5.91 Å². The minimum Gasteiger partial charge on any atom is -0.375 e. The Hall–Kier alpha value is -0.910. The largest absolute Gasteiger partial charge is 0.375 e. The maximum atomic E-state index is 12.8. The molecule has 0 aromatic heterocycles. The highest BCUT2D eigenvalue weighted by Gasteiger charge is 2.48. The zero-order valence-electron chi connectivity index (χ0n) is 12.3. The van der Waals surface area contributed by atoms with E-state index in [1.807, 2.05) is 43.0 Å². The van der Waals surface area contributed by atoms with Crippen molar-refractivity contribution in [1.82, 2.24) is 4.90 Å². The lowest BCUT2D eigenvalue weighted by molar-refractivity contribution is -0.160. The fraction of sp³-hybridized carbons (Fsp3) is 0.562. The van der Waals surface area contributed by atoms with Crippen LogP contribution in [0.25, 0.3) is 0 Å². The SMILES string of the molecule is C[C@@H]1CN(C(=O)c2ccccc2Br)C[C@@]2(CCO[C@@H]2C)O1. The molecule has 0 radical (unpaired) electrons. The molecule has 1 aromatic rings. The lowest BCUT2D eigenvalue weighted by Crippen LogP contribution is -2.59. The van der Waals surface area contributed by atoms with E-state index in [-0.39, 0.29) is 23.7 Å². The summed E-state index contributed by atoms with van der Waals surface area (Å²) in [7, 11) is 0. The summed E-state index contributed by atoms with van der Waals surface area (Å²) in [5.74, 6) is 0.0519. The molecule has 0 bridgehead atoms. The van der Waals surface area contributed by atoms with Crippen molar-refractivity contribution in [2.24, 2.45) is 0 Å². The van der Waals surface area contributed by atoms with Crippen LogP contribution in [-0.4, -0.2) is 48.3 Å². The van der Waals surface area contributed by atoms with Gasteiger partial charge in [-0.2, -0.15) is 0 Å². The van der Waals surface area contributed by atoms with E-state index >= 15 is 0 Å². The highest BCUT2D eigenvalue weighted by molar-refractivity contribution is 9.10. The number of carbonyl (C=O) groups excluding carboxylic acids is 1. The van der Waals surface area contributed by atoms with E-state index in [1.165, 1.54) is 0 Å². The van der Waals surface area contributed by atoms with E-state index in [9.17, 15) is 4.79 Å². The minimum atomic E-state index is -0.353. The number of hydrogen-bond donors (Lipinski definition) is 0. The molecule has 1 aromatic carbocycles. The van der Waals surface area contributed by atoms with Crippen LogP contribution in [-0.2, 0) is 9.47 Å². The van der Waals surface area contributed by atoms with Crippen LogP contribution in [0.15, 0.2) is 28.7 Å². The third kappa shape index (κ3) is 2.74. The molecule has 2 heterocycles. The number of benzene rings is 1. The highest BCUT2D eigenvalue weighted by Crippen LogP contribution is 2.35. The van der Waals surface area contributed by atoms with Crippen molar-refractivity contribution in [2.45, 2.75) is 38.1 Å². The Labute approximate surface area is 133 Å². The summed E-state index contributed by atoms with van der Waals surface area (Å²) < 4.78 is 12.7. The summed E-state index contributed by atoms with van der Waals surface area (Å²) in [4.78, 5) is 14.7. The molecule has 21 heavy (non-hydrogen) atoms. The Morgan fingerprint density at radius 1 is 1.38 bits per heavy atom. The van der Waals surface area contributed by atoms with Gasteiger partial charge in [-0.25, -0.2) is 0 Å². The monoisotopic (exact) mass is 353 g/mol. The second kappa shape index (κ2) is 5.71. The van der Waals surface area contributed by atoms with Crippen LogP contribution in [0.2, 0.25) is 0 Å². The summed E-state index contributed by atoms with van der Waals surface area (Å²) >= 11 is 3.46. The third-order valence-electron chi connectivity index (χ3n) is 4.40. The molecule has 3 rings (SSSR count). The van der Waals surface area contributed by atoms with Gasteiger partial charge in [0.1, 0.15) is 5.60 Å². The first-order valence-electron chi connectivity index (χ1n) is 7.35. The van der Waals surface area contributed by atoms with Gasteiger partial charge in [-0.1, -0.05) is 12.1 Å². The van der Waals surface area contributed by atoms with Crippen molar-refractivity contribution in [2.75, 3.05) is 19.7 Å². The summed E-state index contributed by atoms with van der Waals surface area (Å²) in [6.45, 7) is 5.97. The second-order valence-corrected chi connectivity index (χ2v) is 6.78. The molecule has 2 fully saturated rings. The molecule has 1 amide bonds. The van der Waals surface area contributed by atoms with Gasteiger partial charge in [-0.3, -0.25) is 4.79 Å². The standard InChI is InChI=1S/C16H20BrNO3/c1-11-9-18(10-16(21-11)7-8-20-12(16)2)15(19)13-5-3-4-6-14(13)17/h3-6,11-12H,7-10H2,1-2H3/t11-,12-,16-/m1/s1. The van der Waals surface area contributed by atoms with E-state index < -0.39 is 0 Å². The van der Waals surface area contributed by atoms with Crippen molar-refractivity contribution >= 4 is 21.8 Å². The molecule has 5 heteroatoms. The first kappa shape index (κ1) is 15.0. The van der Waals surface area contributed by atoms with Gasteiger partial charge in [-0.05, 0) is 41.9 Å². The number of amides is 1. The van der Waals surface area contributed by atoms with Gasteiger partial charge < -0.3 is 14.4 Å². The number of carbonyl (C=O) groups is 1. The van der Waals surface area contributed by atoms with E-state index in [0.29, 0.717) is 25.3 Å². The maximum Gasteiger partial charge on any atom is 0.255 e. The van der Waals surface area contributed by atoms with Gasteiger partial charge in [0, 0.05) is 24.0 Å². The van der Waals surface area contributed by atoms with Crippen LogP contribution < -0.4 is 0 Å². The molecule has 0 aliphatic carbocycles. The minimum absolute atomic E-state index is 0.0225. The first-order chi connectivity index (χ1) is 10.0. The molecular formula is C16H20BrNO3. The molecule has 2 aliphatic heterocycles. The predicted molar refractivity (Wildman–Crippen MR) is 83.4 cm³/mol. The lowest BCUT2D eigenvalue weighted by atomic mass is 9.92. The summed E-state index contributed by atoms with van der Waals surface area (Å²) in [5.41, 5.74) is 0.350. The smallest absolute Gasteiger partial charge is 0.255 e. The average Bonchev–Trinajstić information content (AvgIpc) is 2.78. The van der Waals surface area contributed by atoms with Crippen molar-refractivity contribution < 1.29 is 14.3 Å². The molecule has 1 spiro atoms. The number of morpholine rings is 1. The number of rotatable bonds is 1. The molecule has 2 aliphatic rings. The van der Waals surface area contributed by atoms with Crippen molar-refractivity contribution in [3.8, 4) is 0 Å². The van der Waals surface area contributed by atoms with Crippen LogP contribution in [0.4, 0.5) is 0 Å². The fourth-order valence-electron chi connectivity index (χ4n) is 3.26. The number of nitrogens with zero attached hydrogens (tertiary/aromatic N) is 1. The summed E-state index contributed by atoms with van der Waals surface area (Å²) in [6, 6.07) is 7.55.